The molecule has 0 radical (unpaired) electrons. The number of halogens is 1. The van der Waals surface area contributed by atoms with E-state index in [9.17, 15) is 14.0 Å². The first kappa shape index (κ1) is 14.6. The third kappa shape index (κ3) is 4.34. The summed E-state index contributed by atoms with van der Waals surface area (Å²) in [5, 5.41) is 5.21. The molecule has 2 N–H and O–H groups in total. The van der Waals surface area contributed by atoms with Crippen LogP contribution in [0.15, 0.2) is 42.9 Å². The van der Waals surface area contributed by atoms with Gasteiger partial charge in [-0.05, 0) is 24.3 Å². The molecule has 0 atom stereocenters. The molecule has 2 rings (SSSR count). The van der Waals surface area contributed by atoms with Crippen LogP contribution in [0.4, 0.5) is 4.39 Å². The van der Waals surface area contributed by atoms with Gasteiger partial charge in [0.15, 0.2) is 0 Å². The van der Waals surface area contributed by atoms with E-state index in [1.165, 1.54) is 42.9 Å². The Labute approximate surface area is 120 Å². The average Bonchev–Trinajstić information content (AvgIpc) is 2.52. The van der Waals surface area contributed by atoms with Gasteiger partial charge in [-0.15, -0.1) is 0 Å². The molecule has 0 saturated heterocycles. The molecule has 21 heavy (non-hydrogen) atoms. The summed E-state index contributed by atoms with van der Waals surface area (Å²) in [4.78, 5) is 31.0. The molecular weight excluding hydrogens is 275 g/mol. The van der Waals surface area contributed by atoms with Crippen molar-refractivity contribution in [2.75, 3.05) is 13.1 Å². The maximum Gasteiger partial charge on any atom is 0.271 e. The Kier molecular flexibility index (Phi) is 4.92. The van der Waals surface area contributed by atoms with E-state index in [1.807, 2.05) is 0 Å². The Hall–Kier alpha value is -2.83. The van der Waals surface area contributed by atoms with Gasteiger partial charge in [-0.25, -0.2) is 9.37 Å². The van der Waals surface area contributed by atoms with Crippen LogP contribution in [0.3, 0.4) is 0 Å². The summed E-state index contributed by atoms with van der Waals surface area (Å²) in [6, 6.07) is 5.21. The van der Waals surface area contributed by atoms with Gasteiger partial charge in [0.25, 0.3) is 11.8 Å². The first-order chi connectivity index (χ1) is 10.2. The molecule has 2 aromatic rings. The first-order valence-corrected chi connectivity index (χ1v) is 6.25. The Morgan fingerprint density at radius 1 is 1.00 bits per heavy atom. The molecule has 0 unspecified atom stereocenters. The molecular formula is C14H13FN4O2. The highest BCUT2D eigenvalue weighted by molar-refractivity contribution is 5.94. The van der Waals surface area contributed by atoms with Gasteiger partial charge in [-0.3, -0.25) is 14.6 Å². The van der Waals surface area contributed by atoms with E-state index < -0.39 is 5.82 Å². The summed E-state index contributed by atoms with van der Waals surface area (Å²) >= 11 is 0. The number of amides is 2. The molecule has 0 fully saturated rings. The molecule has 1 heterocycles. The number of rotatable bonds is 5. The largest absolute Gasteiger partial charge is 0.350 e. The number of benzene rings is 1. The van der Waals surface area contributed by atoms with Crippen molar-refractivity contribution >= 4 is 11.8 Å². The Morgan fingerprint density at radius 3 is 2.29 bits per heavy atom. The number of hydrogen-bond acceptors (Lipinski definition) is 4. The van der Waals surface area contributed by atoms with Crippen molar-refractivity contribution in [2.24, 2.45) is 0 Å². The van der Waals surface area contributed by atoms with Gasteiger partial charge in [0.05, 0.1) is 6.20 Å². The van der Waals surface area contributed by atoms with Gasteiger partial charge in [0.1, 0.15) is 11.5 Å². The van der Waals surface area contributed by atoms with E-state index in [0.717, 1.165) is 0 Å². The third-order valence-electron chi connectivity index (χ3n) is 2.60. The normalized spacial score (nSPS) is 9.95. The van der Waals surface area contributed by atoms with Gasteiger partial charge in [-0.2, -0.15) is 0 Å². The van der Waals surface area contributed by atoms with Crippen molar-refractivity contribution in [1.82, 2.24) is 20.6 Å². The maximum atomic E-state index is 12.7. The maximum absolute atomic E-state index is 12.7. The molecule has 1 aromatic carbocycles. The summed E-state index contributed by atoms with van der Waals surface area (Å²) < 4.78 is 12.7. The van der Waals surface area contributed by atoms with Crippen LogP contribution in [0.5, 0.6) is 0 Å². The Bertz CT molecular complexity index is 617. The van der Waals surface area contributed by atoms with E-state index in [4.69, 9.17) is 0 Å². The van der Waals surface area contributed by atoms with Crippen LogP contribution >= 0.6 is 0 Å². The zero-order valence-electron chi connectivity index (χ0n) is 11.0. The highest BCUT2D eigenvalue weighted by Gasteiger charge is 2.07. The van der Waals surface area contributed by atoms with Crippen molar-refractivity contribution in [3.05, 3.63) is 59.9 Å². The smallest absolute Gasteiger partial charge is 0.271 e. The van der Waals surface area contributed by atoms with E-state index >= 15 is 0 Å². The number of nitrogens with zero attached hydrogens (tertiary/aromatic N) is 2. The first-order valence-electron chi connectivity index (χ1n) is 6.25. The second-order valence-electron chi connectivity index (χ2n) is 4.11. The number of nitrogens with one attached hydrogen (secondary N) is 2. The van der Waals surface area contributed by atoms with E-state index in [-0.39, 0.29) is 30.6 Å². The molecule has 0 spiro atoms. The fourth-order valence-electron chi connectivity index (χ4n) is 1.56. The minimum atomic E-state index is -0.400. The Balaban J connectivity index is 1.73. The quantitative estimate of drug-likeness (QED) is 0.796. The van der Waals surface area contributed by atoms with Crippen molar-refractivity contribution in [3.8, 4) is 0 Å². The van der Waals surface area contributed by atoms with Crippen molar-refractivity contribution in [2.45, 2.75) is 0 Å². The second kappa shape index (κ2) is 7.09. The molecule has 0 saturated carbocycles. The summed E-state index contributed by atoms with van der Waals surface area (Å²) in [5.74, 6) is -1.09. The van der Waals surface area contributed by atoms with Crippen molar-refractivity contribution < 1.29 is 14.0 Å². The SMILES string of the molecule is O=C(NCCNC(=O)c1cnccn1)c1ccc(F)cc1. The van der Waals surface area contributed by atoms with Crippen LogP contribution in [-0.4, -0.2) is 34.9 Å². The highest BCUT2D eigenvalue weighted by atomic mass is 19.1. The molecule has 1 aromatic heterocycles. The fourth-order valence-corrected chi connectivity index (χ4v) is 1.56. The minimum Gasteiger partial charge on any atom is -0.350 e. The lowest BCUT2D eigenvalue weighted by Crippen LogP contribution is -2.35. The molecule has 7 heteroatoms. The van der Waals surface area contributed by atoms with Crippen molar-refractivity contribution in [3.63, 3.8) is 0 Å². The summed E-state index contributed by atoms with van der Waals surface area (Å²) in [6.07, 6.45) is 4.25. The van der Waals surface area contributed by atoms with E-state index in [1.54, 1.807) is 0 Å². The third-order valence-corrected chi connectivity index (χ3v) is 2.60. The Morgan fingerprint density at radius 2 is 1.67 bits per heavy atom. The van der Waals surface area contributed by atoms with Crippen molar-refractivity contribution in [1.29, 1.82) is 0 Å². The zero-order chi connectivity index (χ0) is 15.1. The highest BCUT2D eigenvalue weighted by Crippen LogP contribution is 2.01. The van der Waals surface area contributed by atoms with Gasteiger partial charge in [0.2, 0.25) is 0 Å². The summed E-state index contributed by atoms with van der Waals surface area (Å²) in [6.45, 7) is 0.505. The van der Waals surface area contributed by atoms with Gasteiger partial charge in [0, 0.05) is 31.0 Å². The standard InChI is InChI=1S/C14H13FN4O2/c15-11-3-1-10(2-4-11)13(20)18-7-8-19-14(21)12-9-16-5-6-17-12/h1-6,9H,7-8H2,(H,18,20)(H,19,21). The molecule has 0 aliphatic rings. The second-order valence-corrected chi connectivity index (χ2v) is 4.11. The monoisotopic (exact) mass is 288 g/mol. The van der Waals surface area contributed by atoms with Gasteiger partial charge in [-0.1, -0.05) is 0 Å². The molecule has 2 amide bonds. The predicted molar refractivity (Wildman–Crippen MR) is 73.1 cm³/mol. The lowest BCUT2D eigenvalue weighted by Gasteiger charge is -2.06. The number of carbonyl (C=O) groups is 2. The summed E-state index contributed by atoms with van der Waals surface area (Å²) in [5.41, 5.74) is 0.569. The molecule has 0 aliphatic carbocycles. The summed E-state index contributed by atoms with van der Waals surface area (Å²) in [7, 11) is 0. The van der Waals surface area contributed by atoms with Crippen LogP contribution in [0.2, 0.25) is 0 Å². The minimum absolute atomic E-state index is 0.211. The number of hydrogen-bond donors (Lipinski definition) is 2. The topological polar surface area (TPSA) is 84.0 Å². The average molecular weight is 288 g/mol. The van der Waals surface area contributed by atoms with Crippen LogP contribution in [-0.2, 0) is 0 Å². The van der Waals surface area contributed by atoms with Gasteiger partial charge >= 0.3 is 0 Å². The number of aromatic nitrogens is 2. The van der Waals surface area contributed by atoms with Crippen LogP contribution in [0.25, 0.3) is 0 Å². The fraction of sp³-hybridized carbons (Fsp3) is 0.143. The molecule has 0 bridgehead atoms. The van der Waals surface area contributed by atoms with Gasteiger partial charge < -0.3 is 10.6 Å². The van der Waals surface area contributed by atoms with Crippen LogP contribution < -0.4 is 10.6 Å². The zero-order valence-corrected chi connectivity index (χ0v) is 11.0. The molecule has 108 valence electrons. The lowest BCUT2D eigenvalue weighted by atomic mass is 10.2. The van der Waals surface area contributed by atoms with E-state index in [2.05, 4.69) is 20.6 Å². The van der Waals surface area contributed by atoms with Crippen LogP contribution in [0, 0.1) is 5.82 Å². The predicted octanol–water partition coefficient (Wildman–Crippen LogP) is 0.775. The number of carbonyl (C=O) groups excluding carboxylic acids is 2. The van der Waals surface area contributed by atoms with Crippen LogP contribution in [0.1, 0.15) is 20.8 Å². The van der Waals surface area contributed by atoms with E-state index in [0.29, 0.717) is 5.56 Å². The molecule has 0 aliphatic heterocycles. The molecule has 6 nitrogen and oxygen atoms in total. The lowest BCUT2D eigenvalue weighted by molar-refractivity contribution is 0.0925.